The molecular weight excluding hydrogens is 291 g/mol. The molecule has 4 nitrogen and oxygen atoms in total. The van der Waals surface area contributed by atoms with Crippen LogP contribution in [0, 0.1) is 5.82 Å². The van der Waals surface area contributed by atoms with Crippen molar-refractivity contribution in [3.8, 4) is 0 Å². The molecule has 0 aliphatic carbocycles. The topological polar surface area (TPSA) is 72.2 Å². The molecule has 2 unspecified atom stereocenters. The van der Waals surface area contributed by atoms with Crippen LogP contribution in [0.15, 0.2) is 53.4 Å². The van der Waals surface area contributed by atoms with E-state index in [-0.39, 0.29) is 10.6 Å². The number of benzene rings is 2. The molecule has 2 rings (SSSR count). The molecular formula is C15H15FN2O2S. The third kappa shape index (κ3) is 3.66. The van der Waals surface area contributed by atoms with Gasteiger partial charge in [-0.05, 0) is 37.3 Å². The van der Waals surface area contributed by atoms with E-state index in [9.17, 15) is 13.4 Å². The lowest BCUT2D eigenvalue weighted by atomic mass is 10.3. The molecule has 0 bridgehead atoms. The lowest BCUT2D eigenvalue weighted by Gasteiger charge is -2.13. The number of hydrogen-bond donors (Lipinski definition) is 2. The molecule has 0 heterocycles. The number of anilines is 2. The predicted octanol–water partition coefficient (Wildman–Crippen LogP) is 2.54. The van der Waals surface area contributed by atoms with Crippen molar-refractivity contribution in [3.63, 3.8) is 0 Å². The fourth-order valence-corrected chi connectivity index (χ4v) is 2.82. The first-order valence-electron chi connectivity index (χ1n) is 6.30. The second kappa shape index (κ2) is 6.49. The highest BCUT2D eigenvalue weighted by molar-refractivity contribution is 7.86. The fraction of sp³-hybridized carbons (Fsp3) is 0.133. The van der Waals surface area contributed by atoms with Gasteiger partial charge in [-0.1, -0.05) is 18.2 Å². The van der Waals surface area contributed by atoms with Gasteiger partial charge in [-0.3, -0.25) is 9.00 Å². The number of amides is 1. The Balaban J connectivity index is 2.13. The van der Waals surface area contributed by atoms with Crippen LogP contribution in [0.3, 0.4) is 0 Å². The highest BCUT2D eigenvalue weighted by Gasteiger charge is 2.23. The fourth-order valence-electron chi connectivity index (χ4n) is 1.73. The van der Waals surface area contributed by atoms with Crippen molar-refractivity contribution >= 4 is 28.1 Å². The summed E-state index contributed by atoms with van der Waals surface area (Å²) in [5.41, 5.74) is 6.29. The third-order valence-corrected chi connectivity index (χ3v) is 4.53. The molecule has 0 spiro atoms. The maximum Gasteiger partial charge on any atom is 0.240 e. The lowest BCUT2D eigenvalue weighted by Crippen LogP contribution is -2.29. The second-order valence-corrected chi connectivity index (χ2v) is 6.23. The van der Waals surface area contributed by atoms with Crippen LogP contribution in [0.1, 0.15) is 6.92 Å². The van der Waals surface area contributed by atoms with Crippen LogP contribution < -0.4 is 11.1 Å². The molecule has 0 saturated heterocycles. The summed E-state index contributed by atoms with van der Waals surface area (Å²) in [6, 6.07) is 12.7. The van der Waals surface area contributed by atoms with Crippen LogP contribution in [-0.2, 0) is 15.6 Å². The standard InChI is InChI=1S/C15H15FN2O2S/c1-10(15(19)18-12-5-3-2-4-6-12)21(20)14-8-7-11(17)9-13(14)16/h2-10H,17H2,1H3,(H,18,19). The summed E-state index contributed by atoms with van der Waals surface area (Å²) < 4.78 is 26.0. The quantitative estimate of drug-likeness (QED) is 0.853. The first-order chi connectivity index (χ1) is 9.99. The average molecular weight is 306 g/mol. The number of halogens is 1. The first-order valence-corrected chi connectivity index (χ1v) is 7.52. The van der Waals surface area contributed by atoms with Crippen molar-refractivity contribution in [2.75, 3.05) is 11.1 Å². The molecule has 2 aromatic carbocycles. The van der Waals surface area contributed by atoms with Gasteiger partial charge in [-0.2, -0.15) is 0 Å². The van der Waals surface area contributed by atoms with E-state index in [1.54, 1.807) is 24.3 Å². The number of nitrogens with two attached hydrogens (primary N) is 1. The summed E-state index contributed by atoms with van der Waals surface area (Å²) in [4.78, 5) is 12.0. The van der Waals surface area contributed by atoms with Crippen molar-refractivity contribution in [3.05, 3.63) is 54.3 Å². The summed E-state index contributed by atoms with van der Waals surface area (Å²) in [5.74, 6) is -1.11. The van der Waals surface area contributed by atoms with Crippen LogP contribution >= 0.6 is 0 Å². The Bertz CT molecular complexity index is 677. The minimum Gasteiger partial charge on any atom is -0.399 e. The monoisotopic (exact) mass is 306 g/mol. The van der Waals surface area contributed by atoms with Gasteiger partial charge in [-0.25, -0.2) is 4.39 Å². The highest BCUT2D eigenvalue weighted by atomic mass is 32.2. The number of carbonyl (C=O) groups excluding carboxylic acids is 1. The van der Waals surface area contributed by atoms with E-state index in [1.807, 2.05) is 6.07 Å². The predicted molar refractivity (Wildman–Crippen MR) is 81.8 cm³/mol. The minimum atomic E-state index is -1.79. The van der Waals surface area contributed by atoms with Crippen LogP contribution in [0.2, 0.25) is 0 Å². The zero-order valence-corrected chi connectivity index (χ0v) is 12.2. The Morgan fingerprint density at radius 1 is 1.24 bits per heavy atom. The lowest BCUT2D eigenvalue weighted by molar-refractivity contribution is -0.115. The molecule has 3 N–H and O–H groups in total. The van der Waals surface area contributed by atoms with Gasteiger partial charge < -0.3 is 11.1 Å². The maximum absolute atomic E-state index is 13.7. The number of nitrogens with one attached hydrogen (secondary N) is 1. The molecule has 6 heteroatoms. The largest absolute Gasteiger partial charge is 0.399 e. The Hall–Kier alpha value is -2.21. The van der Waals surface area contributed by atoms with Crippen LogP contribution in [0.4, 0.5) is 15.8 Å². The molecule has 0 aromatic heterocycles. The van der Waals surface area contributed by atoms with Gasteiger partial charge >= 0.3 is 0 Å². The second-order valence-electron chi connectivity index (χ2n) is 4.48. The van der Waals surface area contributed by atoms with E-state index >= 15 is 0 Å². The SMILES string of the molecule is CC(C(=O)Nc1ccccc1)S(=O)c1ccc(N)cc1F. The normalized spacial score (nSPS) is 13.4. The molecule has 2 aromatic rings. The van der Waals surface area contributed by atoms with Crippen molar-refractivity contribution in [1.29, 1.82) is 0 Å². The molecule has 0 aliphatic rings. The van der Waals surface area contributed by atoms with Gasteiger partial charge in [0, 0.05) is 11.4 Å². The molecule has 2 atom stereocenters. The van der Waals surface area contributed by atoms with Gasteiger partial charge in [0.05, 0.1) is 15.7 Å². The molecule has 21 heavy (non-hydrogen) atoms. The molecule has 0 saturated carbocycles. The Morgan fingerprint density at radius 2 is 1.90 bits per heavy atom. The van der Waals surface area contributed by atoms with Crippen LogP contribution in [0.25, 0.3) is 0 Å². The average Bonchev–Trinajstić information content (AvgIpc) is 2.47. The third-order valence-electron chi connectivity index (χ3n) is 2.90. The van der Waals surface area contributed by atoms with Gasteiger partial charge in [0.2, 0.25) is 5.91 Å². The van der Waals surface area contributed by atoms with E-state index in [0.29, 0.717) is 5.69 Å². The van der Waals surface area contributed by atoms with Crippen LogP contribution in [0.5, 0.6) is 0 Å². The van der Waals surface area contributed by atoms with E-state index < -0.39 is 27.8 Å². The summed E-state index contributed by atoms with van der Waals surface area (Å²) in [6.45, 7) is 1.49. The Labute approximate surface area is 124 Å². The number of para-hydroxylation sites is 1. The van der Waals surface area contributed by atoms with E-state index in [4.69, 9.17) is 5.73 Å². The smallest absolute Gasteiger partial charge is 0.240 e. The van der Waals surface area contributed by atoms with E-state index in [2.05, 4.69) is 5.32 Å². The number of rotatable bonds is 4. The number of carbonyl (C=O) groups is 1. The van der Waals surface area contributed by atoms with Crippen molar-refractivity contribution in [1.82, 2.24) is 0 Å². The van der Waals surface area contributed by atoms with Crippen molar-refractivity contribution < 1.29 is 13.4 Å². The summed E-state index contributed by atoms with van der Waals surface area (Å²) in [7, 11) is -1.79. The summed E-state index contributed by atoms with van der Waals surface area (Å²) in [5, 5.41) is 1.76. The van der Waals surface area contributed by atoms with Gasteiger partial charge in [0.15, 0.2) is 0 Å². The van der Waals surface area contributed by atoms with Crippen molar-refractivity contribution in [2.24, 2.45) is 0 Å². The molecule has 1 amide bonds. The number of hydrogen-bond acceptors (Lipinski definition) is 3. The molecule has 0 radical (unpaired) electrons. The van der Waals surface area contributed by atoms with Crippen molar-refractivity contribution in [2.45, 2.75) is 17.1 Å². The zero-order valence-electron chi connectivity index (χ0n) is 11.4. The van der Waals surface area contributed by atoms with E-state index in [0.717, 1.165) is 6.07 Å². The van der Waals surface area contributed by atoms with Gasteiger partial charge in [0.1, 0.15) is 11.1 Å². The van der Waals surface area contributed by atoms with Gasteiger partial charge in [-0.15, -0.1) is 0 Å². The van der Waals surface area contributed by atoms with E-state index in [1.165, 1.54) is 19.1 Å². The van der Waals surface area contributed by atoms with Gasteiger partial charge in [0.25, 0.3) is 0 Å². The highest BCUT2D eigenvalue weighted by Crippen LogP contribution is 2.19. The first kappa shape index (κ1) is 15.2. The molecule has 110 valence electrons. The summed E-state index contributed by atoms with van der Waals surface area (Å²) in [6.07, 6.45) is 0. The Morgan fingerprint density at radius 3 is 2.52 bits per heavy atom. The maximum atomic E-state index is 13.7. The summed E-state index contributed by atoms with van der Waals surface area (Å²) >= 11 is 0. The minimum absolute atomic E-state index is 0.0279. The molecule has 0 aliphatic heterocycles. The van der Waals surface area contributed by atoms with Crippen LogP contribution in [-0.4, -0.2) is 15.4 Å². The Kier molecular flexibility index (Phi) is 4.70. The number of nitrogen functional groups attached to an aromatic ring is 1. The molecule has 0 fully saturated rings. The zero-order chi connectivity index (χ0) is 15.4.